The molecule has 5 rings (SSSR count). The van der Waals surface area contributed by atoms with Gasteiger partial charge in [0.05, 0.1) is 17.4 Å². The lowest BCUT2D eigenvalue weighted by molar-refractivity contribution is -0.154. The van der Waals surface area contributed by atoms with E-state index >= 15 is 0 Å². The fraction of sp³-hybridized carbons (Fsp3) is 0.136. The van der Waals surface area contributed by atoms with Crippen LogP contribution in [-0.4, -0.2) is 33.9 Å². The lowest BCUT2D eigenvalue weighted by Gasteiger charge is -2.13. The molecule has 168 valence electrons. The molecule has 5 N–H and O–H groups in total. The number of primary amides is 1. The van der Waals surface area contributed by atoms with Crippen molar-refractivity contribution < 1.29 is 27.1 Å². The zero-order valence-electron chi connectivity index (χ0n) is 17.1. The maximum Gasteiger partial charge on any atom is 0.422 e. The number of anilines is 1. The van der Waals surface area contributed by atoms with Crippen LogP contribution in [0.4, 0.5) is 18.9 Å². The van der Waals surface area contributed by atoms with Crippen LogP contribution < -0.4 is 16.2 Å². The number of benzene rings is 2. The van der Waals surface area contributed by atoms with Crippen LogP contribution in [0.1, 0.15) is 15.9 Å². The number of nitrogens with two attached hydrogens (primary N) is 2. The molecule has 0 radical (unpaired) electrons. The van der Waals surface area contributed by atoms with E-state index in [-0.39, 0.29) is 33.8 Å². The molecule has 5 aromatic rings. The molecule has 1 amide bonds. The van der Waals surface area contributed by atoms with E-state index in [0.29, 0.717) is 10.9 Å². The number of aromatic nitrogens is 3. The number of furan rings is 1. The molecule has 3 aromatic heterocycles. The highest BCUT2D eigenvalue weighted by Gasteiger charge is 2.29. The van der Waals surface area contributed by atoms with Gasteiger partial charge in [-0.1, -0.05) is 6.07 Å². The highest BCUT2D eigenvalue weighted by atomic mass is 19.4. The van der Waals surface area contributed by atoms with Gasteiger partial charge in [-0.25, -0.2) is 4.98 Å². The largest absolute Gasteiger partial charge is 0.468 e. The van der Waals surface area contributed by atoms with E-state index in [1.54, 1.807) is 12.3 Å². The Morgan fingerprint density at radius 2 is 2.00 bits per heavy atom. The summed E-state index contributed by atoms with van der Waals surface area (Å²) in [5.41, 5.74) is 15.5. The number of rotatable bonds is 4. The van der Waals surface area contributed by atoms with Crippen molar-refractivity contribution in [2.24, 2.45) is 5.73 Å². The van der Waals surface area contributed by atoms with Gasteiger partial charge in [-0.2, -0.15) is 18.3 Å². The van der Waals surface area contributed by atoms with E-state index in [1.807, 2.05) is 19.1 Å². The van der Waals surface area contributed by atoms with Crippen molar-refractivity contribution in [2.45, 2.75) is 13.1 Å². The summed E-state index contributed by atoms with van der Waals surface area (Å²) in [5, 5.41) is 8.09. The summed E-state index contributed by atoms with van der Waals surface area (Å²) in [6, 6.07) is 8.08. The van der Waals surface area contributed by atoms with E-state index in [0.717, 1.165) is 22.0 Å². The number of nitrogen functional groups attached to an aromatic ring is 1. The molecule has 0 saturated carbocycles. The summed E-state index contributed by atoms with van der Waals surface area (Å²) >= 11 is 0. The monoisotopic (exact) mass is 455 g/mol. The summed E-state index contributed by atoms with van der Waals surface area (Å²) in [7, 11) is 0. The van der Waals surface area contributed by atoms with E-state index in [4.69, 9.17) is 20.6 Å². The standard InChI is InChI=1S/C22H16F3N5O3/c1-9-2-3-13-12(7-28-30-13)16(9)10-6-11-19-14(33-20(11)17(18(10)26)21(27)31)4-5-15(29-19)32-8-22(23,24)25/h2-7H,8,26H2,1H3,(H2,27,31)(H,28,30). The Bertz CT molecular complexity index is 1570. The first-order valence-electron chi connectivity index (χ1n) is 9.72. The van der Waals surface area contributed by atoms with Crippen LogP contribution in [-0.2, 0) is 0 Å². The maximum atomic E-state index is 12.6. The highest BCUT2D eigenvalue weighted by Crippen LogP contribution is 2.42. The smallest absolute Gasteiger partial charge is 0.422 e. The van der Waals surface area contributed by atoms with Crippen LogP contribution in [0.25, 0.3) is 44.1 Å². The molecule has 11 heteroatoms. The summed E-state index contributed by atoms with van der Waals surface area (Å²) in [5.74, 6) is -1.06. The van der Waals surface area contributed by atoms with Crippen molar-refractivity contribution in [3.63, 3.8) is 0 Å². The molecule has 0 spiro atoms. The molecule has 8 nitrogen and oxygen atoms in total. The van der Waals surface area contributed by atoms with Crippen molar-refractivity contribution in [3.8, 4) is 17.0 Å². The number of hydrogen-bond donors (Lipinski definition) is 3. The van der Waals surface area contributed by atoms with Crippen molar-refractivity contribution in [3.05, 3.63) is 47.7 Å². The quantitative estimate of drug-likeness (QED) is 0.343. The SMILES string of the molecule is Cc1ccc2[nH]ncc2c1-c1cc2c(oc3ccc(OCC(F)(F)F)nc32)c(C(N)=O)c1N. The van der Waals surface area contributed by atoms with E-state index < -0.39 is 18.7 Å². The first kappa shape index (κ1) is 20.6. The molecule has 33 heavy (non-hydrogen) atoms. The summed E-state index contributed by atoms with van der Waals surface area (Å²) < 4.78 is 48.3. The predicted octanol–water partition coefficient (Wildman–Crippen LogP) is 4.45. The molecule has 0 atom stereocenters. The Kier molecular flexibility index (Phi) is 4.45. The molecule has 0 aliphatic carbocycles. The van der Waals surface area contributed by atoms with Crippen LogP contribution in [0, 0.1) is 6.92 Å². The third-order valence-corrected chi connectivity index (χ3v) is 5.35. The van der Waals surface area contributed by atoms with E-state index in [1.165, 1.54) is 12.1 Å². The van der Waals surface area contributed by atoms with Crippen LogP contribution in [0.5, 0.6) is 5.88 Å². The normalized spacial score (nSPS) is 12.1. The lowest BCUT2D eigenvalue weighted by Crippen LogP contribution is -2.19. The van der Waals surface area contributed by atoms with Crippen molar-refractivity contribution >= 4 is 44.6 Å². The second kappa shape index (κ2) is 7.12. The van der Waals surface area contributed by atoms with Crippen LogP contribution >= 0.6 is 0 Å². The minimum absolute atomic E-state index is 0.0434. The highest BCUT2D eigenvalue weighted by molar-refractivity contribution is 6.18. The number of carbonyl (C=O) groups is 1. The van der Waals surface area contributed by atoms with Crippen LogP contribution in [0.3, 0.4) is 0 Å². The van der Waals surface area contributed by atoms with Gasteiger partial charge in [0.15, 0.2) is 17.8 Å². The minimum atomic E-state index is -4.52. The third kappa shape index (κ3) is 3.37. The number of pyridine rings is 1. The third-order valence-electron chi connectivity index (χ3n) is 5.35. The average Bonchev–Trinajstić information content (AvgIpc) is 3.35. The van der Waals surface area contributed by atoms with Crippen molar-refractivity contribution in [2.75, 3.05) is 12.3 Å². The Labute approximate surface area is 183 Å². The van der Waals surface area contributed by atoms with Crippen LogP contribution in [0.2, 0.25) is 0 Å². The first-order valence-corrected chi connectivity index (χ1v) is 9.72. The Hall–Kier alpha value is -4.28. The fourth-order valence-corrected chi connectivity index (χ4v) is 3.95. The molecule has 3 heterocycles. The van der Waals surface area contributed by atoms with Gasteiger partial charge in [0.25, 0.3) is 5.91 Å². The van der Waals surface area contributed by atoms with E-state index in [2.05, 4.69) is 15.2 Å². The number of aryl methyl sites for hydroxylation is 1. The average molecular weight is 455 g/mol. The Balaban J connectivity index is 1.81. The molecular formula is C22H16F3N5O3. The van der Waals surface area contributed by atoms with Crippen molar-refractivity contribution in [1.29, 1.82) is 0 Å². The molecule has 0 saturated heterocycles. The van der Waals surface area contributed by atoms with Crippen molar-refractivity contribution in [1.82, 2.24) is 15.2 Å². The zero-order chi connectivity index (χ0) is 23.5. The number of hydrogen-bond acceptors (Lipinski definition) is 6. The number of amides is 1. The number of ether oxygens (including phenoxy) is 1. The maximum absolute atomic E-state index is 12.6. The topological polar surface area (TPSA) is 133 Å². The number of aromatic amines is 1. The molecular weight excluding hydrogens is 439 g/mol. The van der Waals surface area contributed by atoms with Gasteiger partial charge in [-0.3, -0.25) is 9.89 Å². The number of nitrogens with one attached hydrogen (secondary N) is 1. The number of fused-ring (bicyclic) bond motifs is 4. The number of H-pyrrole nitrogens is 1. The fourth-order valence-electron chi connectivity index (χ4n) is 3.95. The number of alkyl halides is 3. The number of nitrogens with zero attached hydrogens (tertiary/aromatic N) is 2. The molecule has 0 unspecified atom stereocenters. The van der Waals surface area contributed by atoms with Crippen LogP contribution in [0.15, 0.2) is 40.9 Å². The van der Waals surface area contributed by atoms with Gasteiger partial charge >= 0.3 is 6.18 Å². The molecule has 0 aliphatic rings. The van der Waals surface area contributed by atoms with Gasteiger partial charge in [0.1, 0.15) is 11.1 Å². The van der Waals surface area contributed by atoms with Gasteiger partial charge in [-0.05, 0) is 36.2 Å². The second-order valence-electron chi connectivity index (χ2n) is 7.54. The zero-order valence-corrected chi connectivity index (χ0v) is 17.1. The molecule has 0 aliphatic heterocycles. The summed E-state index contributed by atoms with van der Waals surface area (Å²) in [6.07, 6.45) is -2.88. The minimum Gasteiger partial charge on any atom is -0.468 e. The second-order valence-corrected chi connectivity index (χ2v) is 7.54. The molecule has 0 fully saturated rings. The van der Waals surface area contributed by atoms with Gasteiger partial charge in [0, 0.05) is 22.4 Å². The lowest BCUT2D eigenvalue weighted by atomic mass is 9.92. The van der Waals surface area contributed by atoms with Gasteiger partial charge in [0.2, 0.25) is 5.88 Å². The summed E-state index contributed by atoms with van der Waals surface area (Å²) in [4.78, 5) is 16.5. The molecule has 0 bridgehead atoms. The Morgan fingerprint density at radius 3 is 2.73 bits per heavy atom. The Morgan fingerprint density at radius 1 is 1.21 bits per heavy atom. The predicted molar refractivity (Wildman–Crippen MR) is 116 cm³/mol. The summed E-state index contributed by atoms with van der Waals surface area (Å²) in [6.45, 7) is 0.387. The molecule has 2 aromatic carbocycles. The van der Waals surface area contributed by atoms with Gasteiger partial charge in [-0.15, -0.1) is 0 Å². The van der Waals surface area contributed by atoms with Gasteiger partial charge < -0.3 is 20.6 Å². The number of carbonyl (C=O) groups excluding carboxylic acids is 1. The first-order chi connectivity index (χ1) is 15.6. The van der Waals surface area contributed by atoms with E-state index in [9.17, 15) is 18.0 Å². The number of halogens is 3.